The summed E-state index contributed by atoms with van der Waals surface area (Å²) in [5.74, 6) is 4.00. The second kappa shape index (κ2) is 9.67. The molecule has 31 heavy (non-hydrogen) atoms. The van der Waals surface area contributed by atoms with Gasteiger partial charge in [-0.05, 0) is 49.7 Å². The number of hydrogen-bond acceptors (Lipinski definition) is 5. The Hall–Kier alpha value is -2.63. The zero-order valence-electron chi connectivity index (χ0n) is 19.0. The molecule has 2 aliphatic rings. The Balaban J connectivity index is 1.51. The molecule has 2 heterocycles. The summed E-state index contributed by atoms with van der Waals surface area (Å²) in [4.78, 5) is 26.5. The van der Waals surface area contributed by atoms with Crippen LogP contribution >= 0.6 is 0 Å². The third kappa shape index (κ3) is 5.00. The molecule has 166 valence electrons. The first-order valence-electron chi connectivity index (χ1n) is 11.6. The number of hydrogen-bond donors (Lipinski definition) is 0. The molecule has 1 aromatic heterocycles. The largest absolute Gasteiger partial charge is 0.496 e. The highest BCUT2D eigenvalue weighted by molar-refractivity contribution is 5.80. The van der Waals surface area contributed by atoms with Crippen LogP contribution in [-0.2, 0) is 11.2 Å². The Labute approximate surface area is 185 Å². The number of anilines is 1. The molecule has 4 rings (SSSR count). The van der Waals surface area contributed by atoms with E-state index in [1.165, 1.54) is 18.4 Å². The number of likely N-dealkylation sites (N-methyl/N-ethyl adjacent to an activating group) is 1. The molecule has 0 spiro atoms. The first-order chi connectivity index (χ1) is 15.1. The third-order valence-corrected chi connectivity index (χ3v) is 6.50. The topological polar surface area (TPSA) is 58.6 Å². The van der Waals surface area contributed by atoms with Gasteiger partial charge in [0.2, 0.25) is 5.91 Å². The lowest BCUT2D eigenvalue weighted by atomic mass is 9.88. The summed E-state index contributed by atoms with van der Waals surface area (Å²) >= 11 is 0. The van der Waals surface area contributed by atoms with Crippen molar-refractivity contribution >= 4 is 11.7 Å². The fourth-order valence-electron chi connectivity index (χ4n) is 4.51. The molecular formula is C25H34N4O2. The molecule has 6 nitrogen and oxygen atoms in total. The molecule has 1 saturated carbocycles. The van der Waals surface area contributed by atoms with Crippen molar-refractivity contribution in [2.24, 2.45) is 0 Å². The van der Waals surface area contributed by atoms with E-state index in [1.54, 1.807) is 7.11 Å². The smallest absolute Gasteiger partial charge is 0.226 e. The monoisotopic (exact) mass is 422 g/mol. The van der Waals surface area contributed by atoms with Crippen LogP contribution < -0.4 is 9.64 Å². The number of rotatable bonds is 8. The van der Waals surface area contributed by atoms with Crippen LogP contribution in [0.3, 0.4) is 0 Å². The van der Waals surface area contributed by atoms with Gasteiger partial charge in [0, 0.05) is 44.4 Å². The molecule has 0 bridgehead atoms. The van der Waals surface area contributed by atoms with Gasteiger partial charge in [-0.15, -0.1) is 0 Å². The van der Waals surface area contributed by atoms with E-state index in [0.717, 1.165) is 61.9 Å². The number of aromatic nitrogens is 2. The SMILES string of the molecule is CCCN(C)C(=O)Cc1cnc(C2CC2)nc1N1CCC(c2ccccc2OC)CC1. The fraction of sp³-hybridized carbons (Fsp3) is 0.560. The molecule has 1 saturated heterocycles. The van der Waals surface area contributed by atoms with Crippen LogP contribution in [-0.4, -0.2) is 54.6 Å². The second-order valence-corrected chi connectivity index (χ2v) is 8.85. The van der Waals surface area contributed by atoms with Gasteiger partial charge < -0.3 is 14.5 Å². The van der Waals surface area contributed by atoms with Crippen LogP contribution in [0.1, 0.15) is 67.8 Å². The van der Waals surface area contributed by atoms with Crippen molar-refractivity contribution in [1.29, 1.82) is 0 Å². The average Bonchev–Trinajstić information content (AvgIpc) is 3.65. The first kappa shape index (κ1) is 21.6. The molecule has 6 heteroatoms. The van der Waals surface area contributed by atoms with Gasteiger partial charge in [-0.1, -0.05) is 25.1 Å². The number of carbonyl (C=O) groups is 1. The van der Waals surface area contributed by atoms with E-state index in [-0.39, 0.29) is 5.91 Å². The summed E-state index contributed by atoms with van der Waals surface area (Å²) in [5.41, 5.74) is 2.25. The maximum Gasteiger partial charge on any atom is 0.226 e. The predicted molar refractivity (Wildman–Crippen MR) is 123 cm³/mol. The van der Waals surface area contributed by atoms with Gasteiger partial charge in [0.05, 0.1) is 13.5 Å². The standard InChI is InChI=1S/C25H34N4O2/c1-4-13-28(2)23(30)16-20-17-26-24(19-9-10-19)27-25(20)29-14-11-18(12-15-29)21-7-5-6-8-22(21)31-3/h5-8,17-19H,4,9-16H2,1-3H3. The van der Waals surface area contributed by atoms with Crippen LogP contribution in [0, 0.1) is 0 Å². The summed E-state index contributed by atoms with van der Waals surface area (Å²) in [5, 5.41) is 0. The minimum Gasteiger partial charge on any atom is -0.496 e. The molecular weight excluding hydrogens is 388 g/mol. The number of para-hydroxylation sites is 1. The van der Waals surface area contributed by atoms with E-state index in [0.29, 0.717) is 18.3 Å². The highest BCUT2D eigenvalue weighted by atomic mass is 16.5. The van der Waals surface area contributed by atoms with Gasteiger partial charge >= 0.3 is 0 Å². The molecule has 0 N–H and O–H groups in total. The van der Waals surface area contributed by atoms with Crippen molar-refractivity contribution < 1.29 is 9.53 Å². The van der Waals surface area contributed by atoms with Gasteiger partial charge in [-0.2, -0.15) is 0 Å². The van der Waals surface area contributed by atoms with Crippen molar-refractivity contribution in [2.45, 2.75) is 57.3 Å². The Bertz CT molecular complexity index is 904. The number of nitrogens with zero attached hydrogens (tertiary/aromatic N) is 4. The molecule has 1 aliphatic heterocycles. The van der Waals surface area contributed by atoms with Crippen LogP contribution in [0.25, 0.3) is 0 Å². The number of benzene rings is 1. The van der Waals surface area contributed by atoms with E-state index < -0.39 is 0 Å². The van der Waals surface area contributed by atoms with Gasteiger partial charge in [0.15, 0.2) is 0 Å². The van der Waals surface area contributed by atoms with E-state index in [9.17, 15) is 4.79 Å². The Morgan fingerprint density at radius 1 is 1.16 bits per heavy atom. The Kier molecular flexibility index (Phi) is 6.73. The lowest BCUT2D eigenvalue weighted by Gasteiger charge is -2.34. The maximum atomic E-state index is 12.7. The molecule has 0 atom stereocenters. The normalized spacial score (nSPS) is 16.9. The Morgan fingerprint density at radius 2 is 1.90 bits per heavy atom. The minimum atomic E-state index is 0.134. The molecule has 1 aromatic carbocycles. The van der Waals surface area contributed by atoms with Gasteiger partial charge in [-0.3, -0.25) is 4.79 Å². The van der Waals surface area contributed by atoms with Gasteiger partial charge in [0.1, 0.15) is 17.4 Å². The fourth-order valence-corrected chi connectivity index (χ4v) is 4.51. The van der Waals surface area contributed by atoms with Crippen molar-refractivity contribution in [3.8, 4) is 5.75 Å². The summed E-state index contributed by atoms with van der Waals surface area (Å²) in [6.07, 6.45) is 7.67. The number of amides is 1. The van der Waals surface area contributed by atoms with Gasteiger partial charge in [0.25, 0.3) is 0 Å². The quantitative estimate of drug-likeness (QED) is 0.639. The summed E-state index contributed by atoms with van der Waals surface area (Å²) < 4.78 is 5.59. The zero-order valence-corrected chi connectivity index (χ0v) is 19.0. The second-order valence-electron chi connectivity index (χ2n) is 8.85. The van der Waals surface area contributed by atoms with Gasteiger partial charge in [-0.25, -0.2) is 9.97 Å². The van der Waals surface area contributed by atoms with Crippen LogP contribution in [0.15, 0.2) is 30.5 Å². The molecule has 1 amide bonds. The summed E-state index contributed by atoms with van der Waals surface area (Å²) in [7, 11) is 3.62. The highest BCUT2D eigenvalue weighted by Crippen LogP contribution is 2.40. The van der Waals surface area contributed by atoms with Crippen LogP contribution in [0.4, 0.5) is 5.82 Å². The van der Waals surface area contributed by atoms with Crippen LogP contribution in [0.2, 0.25) is 0 Å². The van der Waals surface area contributed by atoms with Crippen molar-refractivity contribution in [1.82, 2.24) is 14.9 Å². The van der Waals surface area contributed by atoms with Crippen molar-refractivity contribution in [3.63, 3.8) is 0 Å². The number of methoxy groups -OCH3 is 1. The molecule has 0 radical (unpaired) electrons. The summed E-state index contributed by atoms with van der Waals surface area (Å²) in [6, 6.07) is 8.34. The van der Waals surface area contributed by atoms with Crippen molar-refractivity contribution in [2.75, 3.05) is 38.7 Å². The van der Waals surface area contributed by atoms with Crippen LogP contribution in [0.5, 0.6) is 5.75 Å². The highest BCUT2D eigenvalue weighted by Gasteiger charge is 2.30. The van der Waals surface area contributed by atoms with E-state index in [4.69, 9.17) is 9.72 Å². The van der Waals surface area contributed by atoms with E-state index >= 15 is 0 Å². The van der Waals surface area contributed by atoms with E-state index in [1.807, 2.05) is 30.3 Å². The third-order valence-electron chi connectivity index (χ3n) is 6.50. The zero-order chi connectivity index (χ0) is 21.8. The molecule has 1 aliphatic carbocycles. The maximum absolute atomic E-state index is 12.7. The predicted octanol–water partition coefficient (Wildman–Crippen LogP) is 4.16. The number of ether oxygens (including phenoxy) is 1. The lowest BCUT2D eigenvalue weighted by Crippen LogP contribution is -2.35. The minimum absolute atomic E-state index is 0.134. The molecule has 2 fully saturated rings. The molecule has 2 aromatic rings. The van der Waals surface area contributed by atoms with E-state index in [2.05, 4.69) is 28.9 Å². The average molecular weight is 423 g/mol. The number of piperidine rings is 1. The first-order valence-corrected chi connectivity index (χ1v) is 11.6. The Morgan fingerprint density at radius 3 is 2.58 bits per heavy atom. The number of carbonyl (C=O) groups excluding carboxylic acids is 1. The molecule has 0 unspecified atom stereocenters. The summed E-state index contributed by atoms with van der Waals surface area (Å²) in [6.45, 7) is 4.72. The lowest BCUT2D eigenvalue weighted by molar-refractivity contribution is -0.129. The van der Waals surface area contributed by atoms with Crippen molar-refractivity contribution in [3.05, 3.63) is 47.4 Å².